The lowest BCUT2D eigenvalue weighted by Crippen LogP contribution is -2.63. The Morgan fingerprint density at radius 3 is 2.48 bits per heavy atom. The van der Waals surface area contributed by atoms with Gasteiger partial charge in [-0.15, -0.1) is 11.6 Å². The summed E-state index contributed by atoms with van der Waals surface area (Å²) < 4.78 is 10.9. The molecule has 0 aromatic heterocycles. The Kier molecular flexibility index (Phi) is 5.85. The van der Waals surface area contributed by atoms with Gasteiger partial charge in [-0.1, -0.05) is 32.4 Å². The van der Waals surface area contributed by atoms with Gasteiger partial charge in [0.15, 0.2) is 0 Å². The van der Waals surface area contributed by atoms with Crippen molar-refractivity contribution >= 4 is 29.8 Å². The zero-order chi connectivity index (χ0) is 24.6. The molecule has 1 N–H and O–H groups in total. The highest BCUT2D eigenvalue weighted by Crippen LogP contribution is 2.82. The van der Waals surface area contributed by atoms with E-state index in [0.717, 1.165) is 11.9 Å². The van der Waals surface area contributed by atoms with Crippen LogP contribution in [-0.2, 0) is 23.9 Å². The van der Waals surface area contributed by atoms with E-state index in [9.17, 15) is 19.5 Å². The normalized spacial score (nSPS) is 43.3. The fourth-order valence-corrected chi connectivity index (χ4v) is 8.41. The number of carbonyl (C=O) groups is 3. The average molecular weight is 481 g/mol. The first-order valence-corrected chi connectivity index (χ1v) is 12.6. The first kappa shape index (κ1) is 24.7. The van der Waals surface area contributed by atoms with Crippen LogP contribution in [0.5, 0.6) is 0 Å². The van der Waals surface area contributed by atoms with E-state index < -0.39 is 40.4 Å². The second-order valence-corrected chi connectivity index (χ2v) is 12.7. The van der Waals surface area contributed by atoms with Crippen LogP contribution in [-0.4, -0.2) is 42.1 Å². The van der Waals surface area contributed by atoms with Crippen LogP contribution in [0.2, 0.25) is 0 Å². The minimum absolute atomic E-state index is 0.00704. The summed E-state index contributed by atoms with van der Waals surface area (Å²) in [5.41, 5.74) is -2.92. The Hall–Kier alpha value is -1.40. The third kappa shape index (κ3) is 2.92. The summed E-state index contributed by atoms with van der Waals surface area (Å²) in [4.78, 5) is 39.4. The number of hydrogen-bond acceptors (Lipinski definition) is 6. The van der Waals surface area contributed by atoms with Crippen LogP contribution in [0.25, 0.3) is 0 Å². The number of aliphatic hydroxyl groups is 1. The van der Waals surface area contributed by atoms with Gasteiger partial charge in [-0.3, -0.25) is 9.59 Å². The number of esters is 2. The maximum atomic E-state index is 14.1. The van der Waals surface area contributed by atoms with Crippen LogP contribution < -0.4 is 0 Å². The Morgan fingerprint density at radius 1 is 1.27 bits per heavy atom. The molecule has 0 amide bonds. The van der Waals surface area contributed by atoms with Gasteiger partial charge in [-0.2, -0.15) is 0 Å². The van der Waals surface area contributed by atoms with Crippen molar-refractivity contribution < 1.29 is 29.0 Å². The SMILES string of the molecule is CC(C)C1=C[C@H]2CC3(C=O)C4CC(Cl)C(C)C4C[C@@]2(CO)C13C(=O)OCOC(=O)C(C)(C)C. The number of ether oxygens (including phenoxy) is 2. The van der Waals surface area contributed by atoms with Gasteiger partial charge in [-0.05, 0) is 69.6 Å². The van der Waals surface area contributed by atoms with Gasteiger partial charge in [-0.25, -0.2) is 0 Å². The second kappa shape index (κ2) is 7.81. The lowest BCUT2D eigenvalue weighted by molar-refractivity contribution is -0.201. The number of aliphatic hydroxyl groups excluding tert-OH is 1. The molecule has 3 saturated carbocycles. The Balaban J connectivity index is 1.80. The lowest BCUT2D eigenvalue weighted by Gasteiger charge is -2.58. The molecule has 0 saturated heterocycles. The Morgan fingerprint density at radius 2 is 1.94 bits per heavy atom. The van der Waals surface area contributed by atoms with Crippen LogP contribution in [0, 0.1) is 51.2 Å². The molecular weight excluding hydrogens is 444 g/mol. The predicted molar refractivity (Wildman–Crippen MR) is 123 cm³/mol. The van der Waals surface area contributed by atoms with E-state index in [1.54, 1.807) is 20.8 Å². The number of aldehydes is 1. The Bertz CT molecular complexity index is 890. The first-order chi connectivity index (χ1) is 15.3. The fraction of sp³-hybridized carbons (Fsp3) is 0.808. The third-order valence-electron chi connectivity index (χ3n) is 9.44. The van der Waals surface area contributed by atoms with Crippen molar-refractivity contribution in [2.45, 2.75) is 66.2 Å². The van der Waals surface area contributed by atoms with Gasteiger partial charge in [0.1, 0.15) is 11.7 Å². The van der Waals surface area contributed by atoms with E-state index in [1.807, 2.05) is 13.8 Å². The molecule has 0 aliphatic heterocycles. The smallest absolute Gasteiger partial charge is 0.320 e. The summed E-state index contributed by atoms with van der Waals surface area (Å²) in [6.07, 6.45) is 4.91. The molecule has 0 aromatic carbocycles. The average Bonchev–Trinajstić information content (AvgIpc) is 3.27. The van der Waals surface area contributed by atoms with E-state index in [4.69, 9.17) is 21.1 Å². The number of alkyl halides is 1. The molecule has 4 bridgehead atoms. The van der Waals surface area contributed by atoms with Crippen LogP contribution in [0.15, 0.2) is 11.6 Å². The van der Waals surface area contributed by atoms with Crippen LogP contribution in [0.3, 0.4) is 0 Å². The Labute approximate surface area is 201 Å². The van der Waals surface area contributed by atoms with E-state index in [1.165, 1.54) is 0 Å². The summed E-state index contributed by atoms with van der Waals surface area (Å²) in [7, 11) is 0. The van der Waals surface area contributed by atoms with Crippen molar-refractivity contribution in [1.82, 2.24) is 0 Å². The van der Waals surface area contributed by atoms with Crippen molar-refractivity contribution in [3.63, 3.8) is 0 Å². The van der Waals surface area contributed by atoms with Crippen molar-refractivity contribution in [1.29, 1.82) is 0 Å². The van der Waals surface area contributed by atoms with Crippen LogP contribution >= 0.6 is 11.6 Å². The molecular formula is C26H37ClO6. The number of fused-ring (bicyclic) bond motifs is 2. The zero-order valence-electron chi connectivity index (χ0n) is 20.5. The molecule has 0 aromatic rings. The molecule has 33 heavy (non-hydrogen) atoms. The molecule has 6 nitrogen and oxygen atoms in total. The van der Waals surface area contributed by atoms with Gasteiger partial charge in [0.05, 0.1) is 17.4 Å². The van der Waals surface area contributed by atoms with Crippen molar-refractivity contribution in [2.75, 3.05) is 13.4 Å². The number of hydrogen-bond donors (Lipinski definition) is 1. The van der Waals surface area contributed by atoms with Crippen LogP contribution in [0.4, 0.5) is 0 Å². The van der Waals surface area contributed by atoms with Crippen molar-refractivity contribution in [3.05, 3.63) is 11.6 Å². The largest absolute Gasteiger partial charge is 0.427 e. The molecule has 0 radical (unpaired) electrons. The molecule has 4 rings (SSSR count). The van der Waals surface area contributed by atoms with Gasteiger partial charge in [0, 0.05) is 10.8 Å². The summed E-state index contributed by atoms with van der Waals surface area (Å²) in [5.74, 6) is -0.815. The van der Waals surface area contributed by atoms with Crippen LogP contribution in [0.1, 0.15) is 60.8 Å². The minimum Gasteiger partial charge on any atom is -0.427 e. The first-order valence-electron chi connectivity index (χ1n) is 12.1. The quantitative estimate of drug-likeness (QED) is 0.202. The molecule has 8 atom stereocenters. The van der Waals surface area contributed by atoms with Gasteiger partial charge < -0.3 is 19.4 Å². The van der Waals surface area contributed by atoms with E-state index >= 15 is 0 Å². The summed E-state index contributed by atoms with van der Waals surface area (Å²) in [5, 5.41) is 10.8. The third-order valence-corrected chi connectivity index (χ3v) is 10.0. The number of halogens is 1. The molecule has 4 aliphatic carbocycles. The molecule has 0 heterocycles. The van der Waals surface area contributed by atoms with Gasteiger partial charge in [0.25, 0.3) is 0 Å². The monoisotopic (exact) mass is 480 g/mol. The molecule has 4 aliphatic rings. The van der Waals surface area contributed by atoms with E-state index in [0.29, 0.717) is 19.3 Å². The lowest BCUT2D eigenvalue weighted by atomic mass is 9.43. The van der Waals surface area contributed by atoms with Crippen molar-refractivity contribution in [2.24, 2.45) is 51.2 Å². The van der Waals surface area contributed by atoms with Crippen molar-refractivity contribution in [3.8, 4) is 0 Å². The maximum Gasteiger partial charge on any atom is 0.320 e. The fourth-order valence-electron chi connectivity index (χ4n) is 8.03. The topological polar surface area (TPSA) is 89.9 Å². The second-order valence-electron chi connectivity index (χ2n) is 12.1. The highest BCUT2D eigenvalue weighted by atomic mass is 35.5. The molecule has 184 valence electrons. The van der Waals surface area contributed by atoms with Gasteiger partial charge >= 0.3 is 11.9 Å². The predicted octanol–water partition coefficient (Wildman–Crippen LogP) is 4.13. The highest BCUT2D eigenvalue weighted by molar-refractivity contribution is 6.21. The molecule has 7 heteroatoms. The molecule has 3 fully saturated rings. The van der Waals surface area contributed by atoms with E-state index in [-0.39, 0.29) is 41.6 Å². The number of carbonyl (C=O) groups excluding carboxylic acids is 3. The molecule has 6 unspecified atom stereocenters. The summed E-state index contributed by atoms with van der Waals surface area (Å²) >= 11 is 6.70. The maximum absolute atomic E-state index is 14.1. The zero-order valence-corrected chi connectivity index (χ0v) is 21.3. The number of allylic oxidation sites excluding steroid dienone is 1. The molecule has 0 spiro atoms. The summed E-state index contributed by atoms with van der Waals surface area (Å²) in [6.45, 7) is 10.6. The standard InChI is InChI=1S/C26H37ClO6/c1-14(2)18-7-16-9-25(12-29)19-8-20(27)15(3)17(19)10-24(16,11-28)26(18,25)22(31)33-13-32-21(30)23(4,5)6/h7,12,14-17,19-20,28H,8-11,13H2,1-6H3/t15?,16-,17?,19?,20?,24-,25?,26?/m0/s1. The minimum atomic E-state index is -1.27. The van der Waals surface area contributed by atoms with Gasteiger partial charge in [0.2, 0.25) is 6.79 Å². The highest BCUT2D eigenvalue weighted by Gasteiger charge is 2.84. The number of rotatable bonds is 6. The summed E-state index contributed by atoms with van der Waals surface area (Å²) in [6, 6.07) is 0. The van der Waals surface area contributed by atoms with E-state index in [2.05, 4.69) is 13.0 Å².